The van der Waals surface area contributed by atoms with Gasteiger partial charge >= 0.3 is 35.8 Å². The Balaban J connectivity index is 0.000000174. The van der Waals surface area contributed by atoms with Crippen LogP contribution in [0.25, 0.3) is 0 Å². The van der Waals surface area contributed by atoms with Crippen molar-refractivity contribution in [1.29, 1.82) is 0 Å². The minimum Gasteiger partial charge on any atom is -0.480 e. The van der Waals surface area contributed by atoms with Crippen LogP contribution in [0.2, 0.25) is 10.0 Å². The Bertz CT molecular complexity index is 4550. The van der Waals surface area contributed by atoms with E-state index in [-0.39, 0.29) is 59.5 Å². The first-order valence-electron chi connectivity index (χ1n) is 33.7. The lowest BCUT2D eigenvalue weighted by atomic mass is 9.82. The molecule has 6 aliphatic heterocycles. The number of rotatable bonds is 24. The van der Waals surface area contributed by atoms with Crippen LogP contribution in [0.15, 0.2) is 168 Å². The van der Waals surface area contributed by atoms with Gasteiger partial charge in [-0.15, -0.1) is 34.0 Å². The number of alkyl halides is 2. The lowest BCUT2D eigenvalue weighted by Gasteiger charge is -2.40. The van der Waals surface area contributed by atoms with Crippen molar-refractivity contribution in [3.05, 3.63) is 213 Å². The fourth-order valence-corrected chi connectivity index (χ4v) is 14.7. The molecular weight excluding hydrogens is 1530 g/mol. The summed E-state index contributed by atoms with van der Waals surface area (Å²) in [5, 5.41) is 43.6. The SMILES string of the molecule is CCOC(=O)C1=C(CN2CCC(OCC(=O)O)C(F)(F)C2)NC(c2nccs2)=N[C@]1(C)c1ccc(F)cc1.CCOC(=O)C1=C(CN2CCO[C@H](/C=C/C(=O)O)C2)NC(c2nccs2)=N[C@H]1c1ccc(F)cc1Cl.COC(=O)C1=C(CN2CCO[C@H](/C=C/C(=O)O)C2)NC(c2nccs2)=N[C@H]1c1ccc(F)cc1Cl. The van der Waals surface area contributed by atoms with Crippen LogP contribution in [0, 0.1) is 17.5 Å². The number of hydrogen-bond donors (Lipinski definition) is 6. The van der Waals surface area contributed by atoms with Crippen molar-refractivity contribution in [2.24, 2.45) is 15.0 Å². The van der Waals surface area contributed by atoms with E-state index in [0.29, 0.717) is 119 Å². The molecular formula is C72H73Cl2F5N12O15S3. The maximum atomic E-state index is 14.9. The number of hydrogen-bond acceptors (Lipinski definition) is 27. The maximum Gasteiger partial charge on any atom is 0.338 e. The van der Waals surface area contributed by atoms with E-state index in [4.69, 9.17) is 81.9 Å². The maximum absolute atomic E-state index is 14.9. The molecule has 3 fully saturated rings. The molecule has 3 saturated heterocycles. The van der Waals surface area contributed by atoms with Crippen LogP contribution >= 0.6 is 57.2 Å². The molecule has 0 saturated carbocycles. The summed E-state index contributed by atoms with van der Waals surface area (Å²) < 4.78 is 103. The van der Waals surface area contributed by atoms with Crippen molar-refractivity contribution in [3.63, 3.8) is 0 Å². The van der Waals surface area contributed by atoms with Crippen LogP contribution in [0.5, 0.6) is 0 Å². The van der Waals surface area contributed by atoms with Crippen molar-refractivity contribution in [2.45, 2.75) is 69.0 Å². The Morgan fingerprint density at radius 2 is 1.08 bits per heavy atom. The van der Waals surface area contributed by atoms with Crippen molar-refractivity contribution < 1.29 is 94.5 Å². The molecule has 6 aromatic rings. The molecule has 578 valence electrons. The summed E-state index contributed by atoms with van der Waals surface area (Å²) in [5.41, 5.74) is 2.06. The summed E-state index contributed by atoms with van der Waals surface area (Å²) >= 11 is 16.8. The van der Waals surface area contributed by atoms with Gasteiger partial charge in [0, 0.05) is 138 Å². The van der Waals surface area contributed by atoms with Gasteiger partial charge in [-0.1, -0.05) is 47.5 Å². The van der Waals surface area contributed by atoms with E-state index in [2.05, 4.69) is 30.9 Å². The highest BCUT2D eigenvalue weighted by molar-refractivity contribution is 7.12. The standard InChI is InChI=1S/C25H27F3N4O5S.C24H24ClFN4O5S.C23H22ClFN4O5S/c1-3-36-23(35)20-17(12-32-10-8-18(25(27,28)14-32)37-13-19(33)34)30-21(22-29-9-11-38-22)31-24(20,2)15-4-6-16(26)7-5-15;1-2-34-24(33)20-18(13-30-8-9-35-15(12-30)4-6-19(31)32)28-22(23-27-7-10-36-23)29-21(20)16-5-3-14(26)11-17(16)25;1-33-23(32)19-17(12-29-7-8-34-14(11-29)3-5-18(30)31)27-21(22-26-6-9-35-22)28-20(19)15-4-2-13(25)10-16(15)24/h4-7,9,11,18H,3,8,10,12-14H2,1-2H3,(H,30,31)(H,33,34);3-7,10-11,15,21H,2,8-9,12-13H2,1H3,(H,28,29)(H,31,32);2-6,9-10,14,20H,7-8,11-12H2,1H3,(H,27,28)(H,30,31)/b;6-4+;5-3+/t18?,24-;15-,21+;14-,20+/m111/s1. The van der Waals surface area contributed by atoms with Gasteiger partial charge in [0.1, 0.15) is 47.8 Å². The van der Waals surface area contributed by atoms with E-state index < -0.39 is 108 Å². The van der Waals surface area contributed by atoms with E-state index in [0.717, 1.165) is 12.2 Å². The average molecular weight is 1610 g/mol. The molecule has 0 aliphatic carbocycles. The molecule has 3 aromatic heterocycles. The highest BCUT2D eigenvalue weighted by Crippen LogP contribution is 2.42. The number of carbonyl (C=O) groups is 6. The molecule has 0 spiro atoms. The quantitative estimate of drug-likeness (QED) is 0.0142. The molecule has 109 heavy (non-hydrogen) atoms. The van der Waals surface area contributed by atoms with Crippen LogP contribution in [0.3, 0.4) is 0 Å². The van der Waals surface area contributed by atoms with Gasteiger partial charge in [0.15, 0.2) is 32.5 Å². The number of carbonyl (C=O) groups excluding carboxylic acids is 3. The summed E-state index contributed by atoms with van der Waals surface area (Å²) in [4.78, 5) is 105. The zero-order valence-corrected chi connectivity index (χ0v) is 62.6. The minimum absolute atomic E-state index is 0.0720. The molecule has 3 aromatic carbocycles. The number of carboxylic acids is 3. The second-order valence-corrected chi connectivity index (χ2v) is 28.2. The number of methoxy groups -OCH3 is 1. The van der Waals surface area contributed by atoms with Gasteiger partial charge in [-0.25, -0.2) is 70.7 Å². The van der Waals surface area contributed by atoms with Gasteiger partial charge in [-0.2, -0.15) is 0 Å². The number of thiazole rings is 3. The predicted molar refractivity (Wildman–Crippen MR) is 393 cm³/mol. The normalized spacial score (nSPS) is 21.8. The van der Waals surface area contributed by atoms with Gasteiger partial charge in [0.2, 0.25) is 0 Å². The third kappa shape index (κ3) is 21.3. The van der Waals surface area contributed by atoms with Gasteiger partial charge < -0.3 is 59.7 Å². The number of halogens is 7. The number of morpholine rings is 2. The highest BCUT2D eigenvalue weighted by atomic mass is 35.5. The van der Waals surface area contributed by atoms with Gasteiger partial charge in [-0.3, -0.25) is 24.7 Å². The van der Waals surface area contributed by atoms with Crippen LogP contribution in [-0.4, -0.2) is 222 Å². The zero-order chi connectivity index (χ0) is 78.1. The van der Waals surface area contributed by atoms with Crippen molar-refractivity contribution in [2.75, 3.05) is 99.0 Å². The second-order valence-electron chi connectivity index (χ2n) is 24.7. The lowest BCUT2D eigenvalue weighted by molar-refractivity contribution is -0.181. The number of likely N-dealkylation sites (tertiary alicyclic amines) is 1. The Kier molecular flexibility index (Phi) is 28.4. The second kappa shape index (κ2) is 37.7. The Hall–Kier alpha value is -9.53. The van der Waals surface area contributed by atoms with E-state index in [1.165, 1.54) is 119 Å². The molecule has 9 heterocycles. The Morgan fingerprint density at radius 3 is 1.52 bits per heavy atom. The Labute approximate surface area is 642 Å². The van der Waals surface area contributed by atoms with Crippen molar-refractivity contribution in [1.82, 2.24) is 45.6 Å². The molecule has 6 N–H and O–H groups in total. The molecule has 0 amide bonds. The molecule has 27 nitrogen and oxygen atoms in total. The average Bonchev–Trinajstić information content (AvgIpc) is 1.68. The summed E-state index contributed by atoms with van der Waals surface area (Å²) in [7, 11) is 1.28. The number of esters is 3. The lowest BCUT2D eigenvalue weighted by Crippen LogP contribution is -2.54. The molecule has 1 unspecified atom stereocenters. The molecule has 0 bridgehead atoms. The number of ether oxygens (including phenoxy) is 6. The fourth-order valence-electron chi connectivity index (χ4n) is 12.4. The molecule has 6 aliphatic rings. The highest BCUT2D eigenvalue weighted by Gasteiger charge is 2.48. The third-order valence-electron chi connectivity index (χ3n) is 17.3. The first-order chi connectivity index (χ1) is 52.2. The Morgan fingerprint density at radius 1 is 0.624 bits per heavy atom. The number of carboxylic acid groups (broad SMARTS) is 3. The van der Waals surface area contributed by atoms with Gasteiger partial charge in [-0.05, 0) is 81.3 Å². The third-order valence-corrected chi connectivity index (χ3v) is 20.3. The largest absolute Gasteiger partial charge is 0.480 e. The summed E-state index contributed by atoms with van der Waals surface area (Å²) in [6, 6.07) is 11.7. The topological polar surface area (TPSA) is 340 Å². The van der Waals surface area contributed by atoms with E-state index >= 15 is 0 Å². The number of nitrogens with one attached hydrogen (secondary N) is 3. The van der Waals surface area contributed by atoms with E-state index in [9.17, 15) is 50.7 Å². The number of aliphatic imine (C=N–C) groups is 3. The number of aliphatic carboxylic acids is 3. The van der Waals surface area contributed by atoms with Crippen LogP contribution < -0.4 is 16.0 Å². The van der Waals surface area contributed by atoms with Crippen molar-refractivity contribution >= 4 is 111 Å². The summed E-state index contributed by atoms with van der Waals surface area (Å²) in [5.74, 6) is -8.85. The predicted octanol–water partition coefficient (Wildman–Crippen LogP) is 9.16. The smallest absolute Gasteiger partial charge is 0.338 e. The molecule has 37 heteroatoms. The van der Waals surface area contributed by atoms with Gasteiger partial charge in [0.25, 0.3) is 5.92 Å². The van der Waals surface area contributed by atoms with Crippen LogP contribution in [0.4, 0.5) is 22.0 Å². The van der Waals surface area contributed by atoms with E-state index in [1.54, 1.807) is 50.1 Å². The van der Waals surface area contributed by atoms with Crippen molar-refractivity contribution in [3.8, 4) is 0 Å². The number of amidine groups is 3. The van der Waals surface area contributed by atoms with E-state index in [1.807, 2.05) is 15.2 Å². The number of piperidine rings is 1. The van der Waals surface area contributed by atoms with Crippen LogP contribution in [0.1, 0.15) is 71.0 Å². The monoisotopic (exact) mass is 1610 g/mol. The van der Waals surface area contributed by atoms with Gasteiger partial charge in [0.05, 0.1) is 69.0 Å². The fraction of sp³-hybridized carbons (Fsp3) is 0.361. The number of nitrogens with zero attached hydrogens (tertiary/aromatic N) is 9. The molecule has 6 atom stereocenters. The minimum atomic E-state index is -3.32. The molecule has 0 radical (unpaired) electrons. The number of benzene rings is 3. The first kappa shape index (κ1) is 82.0. The molecule has 12 rings (SSSR count). The summed E-state index contributed by atoms with van der Waals surface area (Å²) in [6.45, 7) is 7.13. The summed E-state index contributed by atoms with van der Waals surface area (Å²) in [6.07, 6.45) is 7.48. The first-order valence-corrected chi connectivity index (χ1v) is 37.1. The zero-order valence-electron chi connectivity index (χ0n) is 58.7. The van der Waals surface area contributed by atoms with Crippen LogP contribution in [-0.2, 0) is 62.7 Å². The number of aromatic nitrogens is 3.